The van der Waals surface area contributed by atoms with E-state index in [0.717, 1.165) is 25.0 Å². The molecule has 0 unspecified atom stereocenters. The van der Waals surface area contributed by atoms with Crippen molar-refractivity contribution in [1.29, 1.82) is 0 Å². The number of nitrogens with two attached hydrogens (primary N) is 1. The first-order valence-electron chi connectivity index (χ1n) is 7.74. The van der Waals surface area contributed by atoms with E-state index in [1.165, 1.54) is 18.3 Å². The Kier molecular flexibility index (Phi) is 4.90. The minimum absolute atomic E-state index is 0.109. The van der Waals surface area contributed by atoms with Crippen LogP contribution in [0.1, 0.15) is 20.7 Å². The molecule has 3 N–H and O–H groups in total. The van der Waals surface area contributed by atoms with Crippen LogP contribution in [0.4, 0.5) is 15.9 Å². The number of pyridine rings is 1. The fraction of sp³-hybridized carbons (Fsp3) is 0.235. The van der Waals surface area contributed by atoms with Crippen molar-refractivity contribution in [2.45, 2.75) is 0 Å². The number of morpholine rings is 1. The topological polar surface area (TPSA) is 97.5 Å². The van der Waals surface area contributed by atoms with Gasteiger partial charge in [-0.15, -0.1) is 0 Å². The van der Waals surface area contributed by atoms with Gasteiger partial charge in [-0.1, -0.05) is 0 Å². The lowest BCUT2D eigenvalue weighted by atomic mass is 10.1. The maximum atomic E-state index is 13.8. The average molecular weight is 344 g/mol. The highest BCUT2D eigenvalue weighted by Crippen LogP contribution is 2.18. The highest BCUT2D eigenvalue weighted by atomic mass is 19.1. The van der Waals surface area contributed by atoms with Crippen molar-refractivity contribution in [3.05, 3.63) is 53.5 Å². The molecule has 7 nitrogen and oxygen atoms in total. The number of carbonyl (C=O) groups excluding carboxylic acids is 2. The van der Waals surface area contributed by atoms with Gasteiger partial charge in [0.1, 0.15) is 11.6 Å². The van der Waals surface area contributed by atoms with Crippen molar-refractivity contribution in [2.75, 3.05) is 36.5 Å². The highest BCUT2D eigenvalue weighted by Gasteiger charge is 2.15. The van der Waals surface area contributed by atoms with Crippen LogP contribution in [0.25, 0.3) is 0 Å². The molecule has 0 spiro atoms. The van der Waals surface area contributed by atoms with Crippen molar-refractivity contribution in [2.24, 2.45) is 5.73 Å². The number of ether oxygens (including phenoxy) is 1. The van der Waals surface area contributed by atoms with Crippen molar-refractivity contribution >= 4 is 23.3 Å². The number of carbonyl (C=O) groups is 2. The molecule has 3 rings (SSSR count). The predicted molar refractivity (Wildman–Crippen MR) is 90.1 cm³/mol. The zero-order valence-electron chi connectivity index (χ0n) is 13.4. The Morgan fingerprint density at radius 2 is 1.88 bits per heavy atom. The number of primary amides is 1. The molecule has 1 aromatic heterocycles. The molecule has 1 aliphatic heterocycles. The van der Waals surface area contributed by atoms with Gasteiger partial charge >= 0.3 is 0 Å². The largest absolute Gasteiger partial charge is 0.378 e. The summed E-state index contributed by atoms with van der Waals surface area (Å²) in [4.78, 5) is 29.8. The Morgan fingerprint density at radius 1 is 1.16 bits per heavy atom. The number of anilines is 2. The molecule has 2 amide bonds. The van der Waals surface area contributed by atoms with Gasteiger partial charge in [0.25, 0.3) is 5.91 Å². The van der Waals surface area contributed by atoms with Crippen LogP contribution < -0.4 is 16.0 Å². The van der Waals surface area contributed by atoms with Crippen LogP contribution in [0.5, 0.6) is 0 Å². The summed E-state index contributed by atoms with van der Waals surface area (Å²) in [5.74, 6) is -1.13. The van der Waals surface area contributed by atoms with Crippen LogP contribution in [-0.4, -0.2) is 43.1 Å². The Labute approximate surface area is 143 Å². The number of amides is 2. The molecule has 25 heavy (non-hydrogen) atoms. The fourth-order valence-corrected chi connectivity index (χ4v) is 2.47. The standard InChI is InChI=1S/C17H17FN4O3/c18-13-3-1-11(16(19)23)9-14(13)21-17(24)12-2-4-15(20-10-12)22-5-7-25-8-6-22/h1-4,9-10H,5-8H2,(H2,19,23)(H,21,24). The molecule has 0 bridgehead atoms. The van der Waals surface area contributed by atoms with Crippen LogP contribution >= 0.6 is 0 Å². The summed E-state index contributed by atoms with van der Waals surface area (Å²) < 4.78 is 19.1. The third-order valence-electron chi connectivity index (χ3n) is 3.84. The number of nitrogens with one attached hydrogen (secondary N) is 1. The zero-order chi connectivity index (χ0) is 17.8. The third kappa shape index (κ3) is 3.92. The second-order valence-electron chi connectivity index (χ2n) is 5.52. The van der Waals surface area contributed by atoms with Gasteiger partial charge in [0.15, 0.2) is 0 Å². The Morgan fingerprint density at radius 3 is 2.52 bits per heavy atom. The first-order chi connectivity index (χ1) is 12.0. The summed E-state index contributed by atoms with van der Waals surface area (Å²) in [5.41, 5.74) is 5.44. The van der Waals surface area contributed by atoms with E-state index in [9.17, 15) is 14.0 Å². The predicted octanol–water partition coefficient (Wildman–Crippen LogP) is 1.41. The highest BCUT2D eigenvalue weighted by molar-refractivity contribution is 6.05. The van der Waals surface area contributed by atoms with Gasteiger partial charge in [-0.2, -0.15) is 0 Å². The first-order valence-corrected chi connectivity index (χ1v) is 7.74. The van der Waals surface area contributed by atoms with E-state index in [1.54, 1.807) is 12.1 Å². The Bertz CT molecular complexity index is 789. The summed E-state index contributed by atoms with van der Waals surface area (Å²) >= 11 is 0. The van der Waals surface area contributed by atoms with Crippen molar-refractivity contribution in [3.8, 4) is 0 Å². The molecule has 8 heteroatoms. The smallest absolute Gasteiger partial charge is 0.257 e. The van der Waals surface area contributed by atoms with Crippen LogP contribution in [0.2, 0.25) is 0 Å². The number of hydrogen-bond donors (Lipinski definition) is 2. The summed E-state index contributed by atoms with van der Waals surface area (Å²) in [7, 11) is 0. The van der Waals surface area contributed by atoms with Crippen LogP contribution in [0.3, 0.4) is 0 Å². The monoisotopic (exact) mass is 344 g/mol. The molecule has 2 heterocycles. The fourth-order valence-electron chi connectivity index (χ4n) is 2.47. The molecular weight excluding hydrogens is 327 g/mol. The Balaban J connectivity index is 1.73. The summed E-state index contributed by atoms with van der Waals surface area (Å²) in [6.07, 6.45) is 1.43. The summed E-state index contributed by atoms with van der Waals surface area (Å²) in [6.45, 7) is 2.76. The summed E-state index contributed by atoms with van der Waals surface area (Å²) in [6, 6.07) is 6.88. The van der Waals surface area contributed by atoms with Crippen LogP contribution in [0.15, 0.2) is 36.5 Å². The Hall–Kier alpha value is -3.00. The molecule has 130 valence electrons. The molecule has 1 aromatic carbocycles. The van der Waals surface area contributed by atoms with Crippen molar-refractivity contribution in [1.82, 2.24) is 4.98 Å². The second-order valence-corrected chi connectivity index (χ2v) is 5.52. The van der Waals surface area contributed by atoms with Crippen LogP contribution in [-0.2, 0) is 4.74 Å². The lowest BCUT2D eigenvalue weighted by molar-refractivity contribution is 0.0996. The van der Waals surface area contributed by atoms with E-state index in [4.69, 9.17) is 10.5 Å². The normalized spacial score (nSPS) is 14.2. The molecule has 2 aromatic rings. The quantitative estimate of drug-likeness (QED) is 0.874. The molecule has 0 saturated carbocycles. The SMILES string of the molecule is NC(=O)c1ccc(F)c(NC(=O)c2ccc(N3CCOCC3)nc2)c1. The van der Waals surface area contributed by atoms with Gasteiger partial charge in [0.2, 0.25) is 5.91 Å². The second kappa shape index (κ2) is 7.27. The van der Waals surface area contributed by atoms with Crippen molar-refractivity contribution < 1.29 is 18.7 Å². The number of rotatable bonds is 4. The molecule has 1 aliphatic rings. The number of benzene rings is 1. The van der Waals surface area contributed by atoms with Gasteiger partial charge in [-0.25, -0.2) is 9.37 Å². The van der Waals surface area contributed by atoms with Gasteiger partial charge in [0, 0.05) is 24.8 Å². The van der Waals surface area contributed by atoms with Gasteiger partial charge < -0.3 is 20.7 Å². The molecule has 0 atom stereocenters. The number of nitrogens with zero attached hydrogens (tertiary/aromatic N) is 2. The average Bonchev–Trinajstić information content (AvgIpc) is 2.64. The third-order valence-corrected chi connectivity index (χ3v) is 3.84. The van der Waals surface area contributed by atoms with Crippen LogP contribution in [0, 0.1) is 5.82 Å². The molecular formula is C17H17FN4O3. The maximum Gasteiger partial charge on any atom is 0.257 e. The number of aromatic nitrogens is 1. The van der Waals surface area contributed by atoms with E-state index in [0.29, 0.717) is 13.2 Å². The number of halogens is 1. The van der Waals surface area contributed by atoms with E-state index in [1.807, 2.05) is 0 Å². The molecule has 1 saturated heterocycles. The molecule has 1 fully saturated rings. The van der Waals surface area contributed by atoms with Gasteiger partial charge in [0.05, 0.1) is 24.5 Å². The lowest BCUT2D eigenvalue weighted by Crippen LogP contribution is -2.36. The lowest BCUT2D eigenvalue weighted by Gasteiger charge is -2.27. The molecule has 0 aliphatic carbocycles. The van der Waals surface area contributed by atoms with Gasteiger partial charge in [-0.3, -0.25) is 9.59 Å². The number of hydrogen-bond acceptors (Lipinski definition) is 5. The van der Waals surface area contributed by atoms with Gasteiger partial charge in [-0.05, 0) is 30.3 Å². The van der Waals surface area contributed by atoms with E-state index < -0.39 is 17.6 Å². The van der Waals surface area contributed by atoms with E-state index in [-0.39, 0.29) is 16.8 Å². The minimum Gasteiger partial charge on any atom is -0.378 e. The summed E-state index contributed by atoms with van der Waals surface area (Å²) in [5, 5.41) is 2.43. The van der Waals surface area contributed by atoms with E-state index in [2.05, 4.69) is 15.2 Å². The van der Waals surface area contributed by atoms with E-state index >= 15 is 0 Å². The molecule has 0 radical (unpaired) electrons. The zero-order valence-corrected chi connectivity index (χ0v) is 13.4. The van der Waals surface area contributed by atoms with Crippen molar-refractivity contribution in [3.63, 3.8) is 0 Å². The maximum absolute atomic E-state index is 13.8. The minimum atomic E-state index is -0.702. The first kappa shape index (κ1) is 16.8.